The van der Waals surface area contributed by atoms with Crippen LogP contribution in [0.1, 0.15) is 43.0 Å². The highest BCUT2D eigenvalue weighted by Gasteiger charge is 2.49. The summed E-state index contributed by atoms with van der Waals surface area (Å²) in [6.07, 6.45) is 1.86. The second kappa shape index (κ2) is 5.79. The maximum Gasteiger partial charge on any atom is 0.329 e. The van der Waals surface area contributed by atoms with Gasteiger partial charge in [-0.05, 0) is 31.4 Å². The minimum atomic E-state index is -1.27. The predicted molar refractivity (Wildman–Crippen MR) is 71.9 cm³/mol. The summed E-state index contributed by atoms with van der Waals surface area (Å²) < 4.78 is 26.5. The number of likely N-dealkylation sites (tertiary alicyclic amines) is 1. The highest BCUT2D eigenvalue weighted by Crippen LogP contribution is 2.35. The first-order valence-electron chi connectivity index (χ1n) is 6.92. The zero-order valence-corrected chi connectivity index (χ0v) is 11.7. The Morgan fingerprint density at radius 3 is 2.43 bits per heavy atom. The van der Waals surface area contributed by atoms with Crippen molar-refractivity contribution in [3.63, 3.8) is 0 Å². The van der Waals surface area contributed by atoms with Crippen LogP contribution in [0, 0.1) is 11.6 Å². The molecule has 0 radical (unpaired) electrons. The van der Waals surface area contributed by atoms with Crippen molar-refractivity contribution in [3.05, 3.63) is 35.4 Å². The summed E-state index contributed by atoms with van der Waals surface area (Å²) >= 11 is 0. The highest BCUT2D eigenvalue weighted by atomic mass is 19.1. The summed E-state index contributed by atoms with van der Waals surface area (Å²) in [6, 6.07) is 2.54. The smallest absolute Gasteiger partial charge is 0.329 e. The third kappa shape index (κ3) is 2.75. The van der Waals surface area contributed by atoms with Crippen molar-refractivity contribution in [3.8, 4) is 0 Å². The van der Waals surface area contributed by atoms with Crippen LogP contribution in [0.4, 0.5) is 8.78 Å². The topological polar surface area (TPSA) is 57.6 Å². The monoisotopic (exact) mass is 297 g/mol. The lowest BCUT2D eigenvalue weighted by Gasteiger charge is -2.34. The molecule has 1 amide bonds. The van der Waals surface area contributed by atoms with Gasteiger partial charge in [-0.25, -0.2) is 13.6 Å². The Bertz CT molecular complexity index is 556. The van der Waals surface area contributed by atoms with Gasteiger partial charge in [-0.3, -0.25) is 4.79 Å². The van der Waals surface area contributed by atoms with E-state index in [1.54, 1.807) is 0 Å². The average molecular weight is 297 g/mol. The number of benzene rings is 1. The van der Waals surface area contributed by atoms with E-state index in [9.17, 15) is 23.5 Å². The predicted octanol–water partition coefficient (Wildman–Crippen LogP) is 2.82. The van der Waals surface area contributed by atoms with Crippen molar-refractivity contribution in [2.24, 2.45) is 0 Å². The third-order valence-electron chi connectivity index (χ3n) is 3.91. The van der Waals surface area contributed by atoms with Gasteiger partial charge >= 0.3 is 5.97 Å². The molecule has 2 rings (SSSR count). The van der Waals surface area contributed by atoms with Gasteiger partial charge in [0.1, 0.15) is 17.2 Å². The number of aliphatic carboxylic acids is 1. The number of carboxylic acid groups (broad SMARTS) is 1. The van der Waals surface area contributed by atoms with Gasteiger partial charge in [-0.15, -0.1) is 0 Å². The van der Waals surface area contributed by atoms with Crippen LogP contribution in [0.2, 0.25) is 0 Å². The molecule has 1 aromatic rings. The minimum Gasteiger partial charge on any atom is -0.479 e. The Kier molecular flexibility index (Phi) is 4.25. The van der Waals surface area contributed by atoms with Crippen LogP contribution in [0.3, 0.4) is 0 Å². The largest absolute Gasteiger partial charge is 0.479 e. The number of rotatable bonds is 4. The van der Waals surface area contributed by atoms with E-state index in [-0.39, 0.29) is 12.1 Å². The molecule has 1 aliphatic heterocycles. The molecule has 1 saturated heterocycles. The second-order valence-electron chi connectivity index (χ2n) is 5.31. The summed E-state index contributed by atoms with van der Waals surface area (Å²) in [4.78, 5) is 25.4. The number of amides is 1. The molecule has 6 heteroatoms. The number of nitrogens with zero attached hydrogens (tertiary/aromatic N) is 1. The van der Waals surface area contributed by atoms with Crippen LogP contribution in [0.25, 0.3) is 0 Å². The van der Waals surface area contributed by atoms with E-state index in [1.807, 2.05) is 6.92 Å². The molecule has 1 aliphatic rings. The first kappa shape index (κ1) is 15.4. The summed E-state index contributed by atoms with van der Waals surface area (Å²) in [6.45, 7) is 2.12. The lowest BCUT2D eigenvalue weighted by Crippen LogP contribution is -2.53. The molecule has 21 heavy (non-hydrogen) atoms. The molecule has 1 fully saturated rings. The summed E-state index contributed by atoms with van der Waals surface area (Å²) in [7, 11) is 0. The first-order chi connectivity index (χ1) is 9.90. The Hall–Kier alpha value is -1.98. The second-order valence-corrected chi connectivity index (χ2v) is 5.31. The maximum absolute atomic E-state index is 13.2. The molecule has 0 spiro atoms. The molecule has 114 valence electrons. The number of carbonyl (C=O) groups excluding carboxylic acids is 1. The SMILES string of the molecule is CCCC1(C(=O)O)CCCN1C(=O)c1cc(F)cc(F)c1. The van der Waals surface area contributed by atoms with Gasteiger partial charge in [0.05, 0.1) is 0 Å². The zero-order valence-electron chi connectivity index (χ0n) is 11.7. The van der Waals surface area contributed by atoms with E-state index >= 15 is 0 Å². The maximum atomic E-state index is 13.2. The van der Waals surface area contributed by atoms with E-state index in [4.69, 9.17) is 0 Å². The van der Waals surface area contributed by atoms with Crippen LogP contribution in [0.15, 0.2) is 18.2 Å². The third-order valence-corrected chi connectivity index (χ3v) is 3.91. The summed E-state index contributed by atoms with van der Waals surface area (Å²) in [5.41, 5.74) is -1.43. The van der Waals surface area contributed by atoms with Gasteiger partial charge < -0.3 is 10.0 Å². The molecular weight excluding hydrogens is 280 g/mol. The molecule has 4 nitrogen and oxygen atoms in total. The quantitative estimate of drug-likeness (QED) is 0.929. The van der Waals surface area contributed by atoms with Gasteiger partial charge in [0, 0.05) is 18.2 Å². The zero-order chi connectivity index (χ0) is 15.6. The summed E-state index contributed by atoms with van der Waals surface area (Å²) in [5.74, 6) is -3.41. The normalized spacial score (nSPS) is 21.6. The van der Waals surface area contributed by atoms with Crippen molar-refractivity contribution in [1.82, 2.24) is 4.90 Å². The van der Waals surface area contributed by atoms with Crippen molar-refractivity contribution < 1.29 is 23.5 Å². The Labute approximate surface area is 121 Å². The minimum absolute atomic E-state index is 0.156. The molecule has 0 aliphatic carbocycles. The molecule has 0 saturated carbocycles. The lowest BCUT2D eigenvalue weighted by atomic mass is 9.90. The van der Waals surface area contributed by atoms with Gasteiger partial charge in [0.25, 0.3) is 5.91 Å². The van der Waals surface area contributed by atoms with Gasteiger partial charge in [-0.1, -0.05) is 13.3 Å². The fourth-order valence-electron chi connectivity index (χ4n) is 3.01. The number of carbonyl (C=O) groups is 2. The van der Waals surface area contributed by atoms with Crippen molar-refractivity contribution in [1.29, 1.82) is 0 Å². The number of hydrogen-bond acceptors (Lipinski definition) is 2. The molecule has 1 atom stereocenters. The standard InChI is InChI=1S/C15H17F2NO3/c1-2-4-15(14(20)21)5-3-6-18(15)13(19)10-7-11(16)9-12(17)8-10/h7-9H,2-6H2,1H3,(H,20,21). The molecule has 1 heterocycles. The first-order valence-corrected chi connectivity index (χ1v) is 6.92. The van der Waals surface area contributed by atoms with Crippen LogP contribution in [-0.4, -0.2) is 34.0 Å². The van der Waals surface area contributed by atoms with Crippen LogP contribution >= 0.6 is 0 Å². The van der Waals surface area contributed by atoms with Gasteiger partial charge in [-0.2, -0.15) is 0 Å². The average Bonchev–Trinajstić information content (AvgIpc) is 2.82. The van der Waals surface area contributed by atoms with Crippen molar-refractivity contribution in [2.75, 3.05) is 6.54 Å². The fraction of sp³-hybridized carbons (Fsp3) is 0.467. The van der Waals surface area contributed by atoms with Crippen LogP contribution in [-0.2, 0) is 4.79 Å². The molecule has 1 aromatic carbocycles. The summed E-state index contributed by atoms with van der Waals surface area (Å²) in [5, 5.41) is 9.53. The number of halogens is 2. The van der Waals surface area contributed by atoms with E-state index in [0.717, 1.165) is 12.1 Å². The van der Waals surface area contributed by atoms with Crippen molar-refractivity contribution in [2.45, 2.75) is 38.1 Å². The Morgan fingerprint density at radius 1 is 1.29 bits per heavy atom. The molecular formula is C15H17F2NO3. The van der Waals surface area contributed by atoms with E-state index < -0.39 is 29.0 Å². The lowest BCUT2D eigenvalue weighted by molar-refractivity contribution is -0.148. The fourth-order valence-corrected chi connectivity index (χ4v) is 3.01. The Morgan fingerprint density at radius 2 is 1.90 bits per heavy atom. The number of hydrogen-bond donors (Lipinski definition) is 1. The Balaban J connectivity index is 2.38. The van der Waals surface area contributed by atoms with Gasteiger partial charge in [0.15, 0.2) is 0 Å². The molecule has 0 bridgehead atoms. The molecule has 0 aromatic heterocycles. The number of carboxylic acids is 1. The van der Waals surface area contributed by atoms with Crippen molar-refractivity contribution >= 4 is 11.9 Å². The highest BCUT2D eigenvalue weighted by molar-refractivity contribution is 5.98. The van der Waals surface area contributed by atoms with Crippen LogP contribution < -0.4 is 0 Å². The van der Waals surface area contributed by atoms with E-state index in [0.29, 0.717) is 31.7 Å². The van der Waals surface area contributed by atoms with E-state index in [2.05, 4.69) is 0 Å². The van der Waals surface area contributed by atoms with E-state index in [1.165, 1.54) is 4.90 Å². The molecule has 1 unspecified atom stereocenters. The molecule has 1 N–H and O–H groups in total. The van der Waals surface area contributed by atoms with Gasteiger partial charge in [0.2, 0.25) is 0 Å². The van der Waals surface area contributed by atoms with Crippen LogP contribution in [0.5, 0.6) is 0 Å².